The Labute approximate surface area is 366 Å². The lowest BCUT2D eigenvalue weighted by Crippen LogP contribution is -2.66. The number of piperidine rings is 1. The molecule has 0 spiro atoms. The molecular formula is C48H57N9O6. The molecule has 0 radical (unpaired) electrons. The average molecular weight is 856 g/mol. The lowest BCUT2D eigenvalue weighted by atomic mass is 9.68. The highest BCUT2D eigenvalue weighted by molar-refractivity contribution is 5.90. The molecule has 15 heteroatoms. The molecule has 4 N–H and O–H groups in total. The van der Waals surface area contributed by atoms with Crippen molar-refractivity contribution >= 4 is 46.1 Å². The number of carbonyl (C=O) groups is 4. The third-order valence-corrected chi connectivity index (χ3v) is 14.6. The number of nitrogens with one attached hydrogen (secondary N) is 4. The summed E-state index contributed by atoms with van der Waals surface area (Å²) >= 11 is 0. The van der Waals surface area contributed by atoms with Gasteiger partial charge in [0.15, 0.2) is 0 Å². The molecule has 6 atom stereocenters. The smallest absolute Gasteiger partial charge is 0.407 e. The van der Waals surface area contributed by atoms with Gasteiger partial charge in [0.2, 0.25) is 11.8 Å². The molecule has 2 unspecified atom stereocenters. The van der Waals surface area contributed by atoms with Crippen LogP contribution in [0.2, 0.25) is 0 Å². The molecular weight excluding hydrogens is 799 g/mol. The van der Waals surface area contributed by atoms with Crippen LogP contribution in [-0.2, 0) is 19.1 Å². The second-order valence-corrected chi connectivity index (χ2v) is 19.1. The minimum Gasteiger partial charge on any atom is -0.453 e. The zero-order valence-electron chi connectivity index (χ0n) is 37.1. The van der Waals surface area contributed by atoms with Gasteiger partial charge in [0, 0.05) is 30.7 Å². The molecule has 7 heterocycles. The third kappa shape index (κ3) is 6.64. The maximum absolute atomic E-state index is 13.8. The van der Waals surface area contributed by atoms with Crippen molar-refractivity contribution < 1.29 is 28.7 Å². The van der Waals surface area contributed by atoms with Crippen molar-refractivity contribution in [1.82, 2.24) is 45.3 Å². The normalized spacial score (nSPS) is 24.6. The highest BCUT2D eigenvalue weighted by Crippen LogP contribution is 2.71. The van der Waals surface area contributed by atoms with Crippen LogP contribution in [0.15, 0.2) is 48.5 Å². The second-order valence-electron chi connectivity index (χ2n) is 19.1. The highest BCUT2D eigenvalue weighted by Gasteiger charge is 2.66. The Bertz CT molecular complexity index is 2490. The molecule has 0 saturated carbocycles. The maximum atomic E-state index is 13.8. The number of imidazole rings is 2. The molecule has 10 rings (SSSR count). The van der Waals surface area contributed by atoms with Crippen LogP contribution in [0.25, 0.3) is 44.3 Å². The van der Waals surface area contributed by atoms with Gasteiger partial charge < -0.3 is 39.9 Å². The number of rotatable bonds is 10. The molecule has 0 aliphatic carbocycles. The standard InChI is InChI=1S/C48H57N9O6/c1-24(2)40(53-46(60)62-6)44(58)55-18-8-10-34(55)42-49-30-16-12-26(20-32(30)51-42)28-14-15-29(39-37-23-48(5)22-36(38(28)39)57(37)48)27-13-17-31-33(21-27)52-43(50-31)35-11-9-19-56(35)45(59)41(25(3)4)54-47(61)63-7/h12-17,20-21,24-25,34-37,40-41H,8-11,18-19,22-23H2,1-7H3,(H,49,51)(H,50,52)(H,53,60)(H,54,61)/t34-,35-,36?,37?,40-,41-,48?/m0/s1. The summed E-state index contributed by atoms with van der Waals surface area (Å²) in [6.07, 6.45) is 4.29. The summed E-state index contributed by atoms with van der Waals surface area (Å²) in [5, 5.41) is 5.48. The van der Waals surface area contributed by atoms with Gasteiger partial charge >= 0.3 is 12.2 Å². The number of hydrogen-bond donors (Lipinski definition) is 4. The number of amides is 4. The predicted molar refractivity (Wildman–Crippen MR) is 237 cm³/mol. The number of aromatic amines is 2. The fourth-order valence-corrected chi connectivity index (χ4v) is 11.5. The number of hydrogen-bond acceptors (Lipinski definition) is 9. The van der Waals surface area contributed by atoms with Crippen molar-refractivity contribution in [2.24, 2.45) is 11.8 Å². The molecule has 15 nitrogen and oxygen atoms in total. The minimum atomic E-state index is -0.695. The molecule has 4 saturated heterocycles. The van der Waals surface area contributed by atoms with Gasteiger partial charge in [-0.3, -0.25) is 14.5 Å². The summed E-state index contributed by atoms with van der Waals surface area (Å²) in [5.41, 5.74) is 11.3. The van der Waals surface area contributed by atoms with Crippen LogP contribution >= 0.6 is 0 Å². The van der Waals surface area contributed by atoms with E-state index in [1.54, 1.807) is 0 Å². The Morgan fingerprint density at radius 2 is 1.10 bits per heavy atom. The monoisotopic (exact) mass is 855 g/mol. The lowest BCUT2D eigenvalue weighted by Gasteiger charge is -2.65. The van der Waals surface area contributed by atoms with Gasteiger partial charge in [0.1, 0.15) is 23.7 Å². The van der Waals surface area contributed by atoms with Crippen molar-refractivity contribution in [3.63, 3.8) is 0 Å². The molecule has 3 aromatic carbocycles. The fourth-order valence-electron chi connectivity index (χ4n) is 11.5. The fraction of sp³-hybridized carbons (Fsp3) is 0.500. The number of fused-ring (bicyclic) bond motifs is 5. The summed E-state index contributed by atoms with van der Waals surface area (Å²) in [6.45, 7) is 11.3. The van der Waals surface area contributed by atoms with Crippen LogP contribution in [0.3, 0.4) is 0 Å². The third-order valence-electron chi connectivity index (χ3n) is 14.6. The van der Waals surface area contributed by atoms with E-state index in [0.717, 1.165) is 83.4 Å². The maximum Gasteiger partial charge on any atom is 0.407 e. The Kier molecular flexibility index (Phi) is 10.0. The second kappa shape index (κ2) is 15.4. The first-order valence-electron chi connectivity index (χ1n) is 22.5. The summed E-state index contributed by atoms with van der Waals surface area (Å²) in [4.78, 5) is 75.6. The number of benzene rings is 3. The number of carbonyl (C=O) groups excluding carboxylic acids is 4. The molecule has 5 aromatic rings. The van der Waals surface area contributed by atoms with Gasteiger partial charge in [-0.25, -0.2) is 19.6 Å². The number of methoxy groups -OCH3 is 2. The Morgan fingerprint density at radius 3 is 1.48 bits per heavy atom. The van der Waals surface area contributed by atoms with E-state index in [9.17, 15) is 19.2 Å². The number of alkyl carbamates (subject to hydrolysis) is 2. The van der Waals surface area contributed by atoms with Crippen LogP contribution in [0.5, 0.6) is 0 Å². The van der Waals surface area contributed by atoms with Gasteiger partial charge in [-0.2, -0.15) is 0 Å². The molecule has 5 aliphatic rings. The van der Waals surface area contributed by atoms with E-state index >= 15 is 0 Å². The minimum absolute atomic E-state index is 0.111. The van der Waals surface area contributed by atoms with Crippen molar-refractivity contribution in [2.75, 3.05) is 27.3 Å². The summed E-state index contributed by atoms with van der Waals surface area (Å²) in [6, 6.07) is 16.4. The van der Waals surface area contributed by atoms with Crippen LogP contribution in [0.4, 0.5) is 9.59 Å². The van der Waals surface area contributed by atoms with E-state index in [1.807, 2.05) is 37.5 Å². The van der Waals surface area contributed by atoms with Gasteiger partial charge in [0.25, 0.3) is 0 Å². The van der Waals surface area contributed by atoms with Gasteiger partial charge in [-0.15, -0.1) is 0 Å². The van der Waals surface area contributed by atoms with Crippen molar-refractivity contribution in [3.8, 4) is 22.3 Å². The van der Waals surface area contributed by atoms with Gasteiger partial charge in [-0.05, 0) is 115 Å². The van der Waals surface area contributed by atoms with E-state index in [1.165, 1.54) is 36.5 Å². The largest absolute Gasteiger partial charge is 0.453 e. The molecule has 0 bridgehead atoms. The first-order valence-corrected chi connectivity index (χ1v) is 22.5. The van der Waals surface area contributed by atoms with Crippen molar-refractivity contribution in [3.05, 3.63) is 71.3 Å². The molecule has 5 aliphatic heterocycles. The van der Waals surface area contributed by atoms with Crippen LogP contribution < -0.4 is 10.6 Å². The zero-order valence-corrected chi connectivity index (χ0v) is 37.1. The SMILES string of the molecule is COC(=O)N[C@H](C(=O)N1CCC[C@H]1c1nc2ccc(-c3ccc(-c4ccc5nc([C@@H]6CCCN6C(=O)[C@@H](NC(=O)OC)C(C)C)[nH]c5c4)c4c3C3CC5(C)CC4N35)cc2[nH]1)C(C)C. The zero-order chi connectivity index (χ0) is 44.1. The average Bonchev–Trinajstić information content (AvgIpc) is 4.11. The number of H-pyrrole nitrogens is 2. The summed E-state index contributed by atoms with van der Waals surface area (Å²) in [7, 11) is 2.61. The first-order chi connectivity index (χ1) is 30.3. The quantitative estimate of drug-likeness (QED) is 0.109. The number of nitrogens with zero attached hydrogens (tertiary/aromatic N) is 5. The number of ether oxygens (including phenoxy) is 2. The Morgan fingerprint density at radius 1 is 0.667 bits per heavy atom. The Hall–Kier alpha value is -5.96. The topological polar surface area (TPSA) is 178 Å². The molecule has 4 fully saturated rings. The number of aromatic nitrogens is 4. The first kappa shape index (κ1) is 41.1. The molecule has 4 amide bonds. The molecule has 2 aromatic heterocycles. The molecule has 63 heavy (non-hydrogen) atoms. The van der Waals surface area contributed by atoms with Crippen LogP contribution in [0.1, 0.15) is 120 Å². The summed E-state index contributed by atoms with van der Waals surface area (Å²) in [5.74, 6) is 1.04. The van der Waals surface area contributed by atoms with E-state index in [4.69, 9.17) is 19.4 Å². The van der Waals surface area contributed by atoms with Crippen molar-refractivity contribution in [1.29, 1.82) is 0 Å². The van der Waals surface area contributed by atoms with Gasteiger partial charge in [-0.1, -0.05) is 52.0 Å². The number of likely N-dealkylation sites (tertiary alicyclic amines) is 2. The van der Waals surface area contributed by atoms with E-state index in [0.29, 0.717) is 25.2 Å². The molecule has 330 valence electrons. The lowest BCUT2D eigenvalue weighted by molar-refractivity contribution is -0.177. The highest BCUT2D eigenvalue weighted by atomic mass is 16.5. The van der Waals surface area contributed by atoms with E-state index in [2.05, 4.69) is 81.0 Å². The van der Waals surface area contributed by atoms with E-state index in [-0.39, 0.29) is 41.3 Å². The van der Waals surface area contributed by atoms with Gasteiger partial charge in [0.05, 0.1) is 48.4 Å². The van der Waals surface area contributed by atoms with Crippen LogP contribution in [-0.4, -0.2) is 104 Å². The summed E-state index contributed by atoms with van der Waals surface area (Å²) < 4.78 is 9.65. The Balaban J connectivity index is 0.953. The predicted octanol–water partition coefficient (Wildman–Crippen LogP) is 7.83. The van der Waals surface area contributed by atoms with Crippen molar-refractivity contribution in [2.45, 2.75) is 115 Å². The van der Waals surface area contributed by atoms with E-state index < -0.39 is 24.3 Å². The van der Waals surface area contributed by atoms with Crippen LogP contribution in [0, 0.1) is 11.8 Å².